The van der Waals surface area contributed by atoms with Crippen molar-refractivity contribution in [1.29, 1.82) is 0 Å². The minimum absolute atomic E-state index is 0.808. The van der Waals surface area contributed by atoms with Crippen LogP contribution in [0.1, 0.15) is 24.0 Å². The zero-order chi connectivity index (χ0) is 13.9. The minimum atomic E-state index is 0.808. The Balaban J connectivity index is 1.87. The monoisotopic (exact) mass is 272 g/mol. The summed E-state index contributed by atoms with van der Waals surface area (Å²) in [7, 11) is 0. The number of anilines is 1. The molecule has 0 unspecified atom stereocenters. The highest BCUT2D eigenvalue weighted by atomic mass is 15.3. The molecule has 6 nitrogen and oxygen atoms in total. The van der Waals surface area contributed by atoms with E-state index in [0.717, 1.165) is 44.2 Å². The SMILES string of the molecule is CCNCc1cnc(C)cc1N1CCn2cnnc2C1. The van der Waals surface area contributed by atoms with E-state index in [1.165, 1.54) is 11.3 Å². The Morgan fingerprint density at radius 1 is 1.35 bits per heavy atom. The second-order valence-corrected chi connectivity index (χ2v) is 5.10. The van der Waals surface area contributed by atoms with Crippen LogP contribution < -0.4 is 10.2 Å². The van der Waals surface area contributed by atoms with Gasteiger partial charge in [-0.15, -0.1) is 10.2 Å². The molecule has 0 atom stereocenters. The molecular formula is C14H20N6. The average Bonchev–Trinajstić information content (AvgIpc) is 2.93. The maximum atomic E-state index is 4.42. The summed E-state index contributed by atoms with van der Waals surface area (Å²) in [4.78, 5) is 6.79. The van der Waals surface area contributed by atoms with Crippen molar-refractivity contribution in [2.75, 3.05) is 18.0 Å². The van der Waals surface area contributed by atoms with Crippen LogP contribution in [-0.4, -0.2) is 32.8 Å². The summed E-state index contributed by atoms with van der Waals surface area (Å²) < 4.78 is 2.12. The molecule has 1 aliphatic rings. The molecule has 2 aromatic heterocycles. The summed E-state index contributed by atoms with van der Waals surface area (Å²) in [6.07, 6.45) is 3.79. The van der Waals surface area contributed by atoms with Gasteiger partial charge in [0.2, 0.25) is 0 Å². The van der Waals surface area contributed by atoms with Gasteiger partial charge in [0, 0.05) is 42.8 Å². The lowest BCUT2D eigenvalue weighted by atomic mass is 10.1. The van der Waals surface area contributed by atoms with E-state index >= 15 is 0 Å². The molecule has 20 heavy (non-hydrogen) atoms. The normalized spacial score (nSPS) is 14.4. The molecule has 1 N–H and O–H groups in total. The highest BCUT2D eigenvalue weighted by molar-refractivity contribution is 5.54. The number of hydrogen-bond acceptors (Lipinski definition) is 5. The van der Waals surface area contributed by atoms with Gasteiger partial charge in [0.05, 0.1) is 6.54 Å². The zero-order valence-electron chi connectivity index (χ0n) is 12.0. The lowest BCUT2D eigenvalue weighted by Crippen LogP contribution is -2.34. The summed E-state index contributed by atoms with van der Waals surface area (Å²) >= 11 is 0. The van der Waals surface area contributed by atoms with Crippen LogP contribution in [0.4, 0.5) is 5.69 Å². The number of nitrogens with one attached hydrogen (secondary N) is 1. The molecule has 0 spiro atoms. The van der Waals surface area contributed by atoms with Crippen molar-refractivity contribution >= 4 is 5.69 Å². The van der Waals surface area contributed by atoms with Crippen molar-refractivity contribution in [3.05, 3.63) is 35.7 Å². The molecule has 1 aliphatic heterocycles. The number of fused-ring (bicyclic) bond motifs is 1. The number of pyridine rings is 1. The highest BCUT2D eigenvalue weighted by Crippen LogP contribution is 2.24. The van der Waals surface area contributed by atoms with Crippen molar-refractivity contribution < 1.29 is 0 Å². The fourth-order valence-electron chi connectivity index (χ4n) is 2.54. The van der Waals surface area contributed by atoms with E-state index in [1.54, 1.807) is 0 Å². The van der Waals surface area contributed by atoms with Crippen LogP contribution in [0.25, 0.3) is 0 Å². The summed E-state index contributed by atoms with van der Waals surface area (Å²) in [5.41, 5.74) is 3.55. The summed E-state index contributed by atoms with van der Waals surface area (Å²) in [5.74, 6) is 1.03. The zero-order valence-corrected chi connectivity index (χ0v) is 12.0. The van der Waals surface area contributed by atoms with Gasteiger partial charge in [-0.1, -0.05) is 6.92 Å². The Labute approximate surface area is 118 Å². The van der Waals surface area contributed by atoms with Gasteiger partial charge in [0.1, 0.15) is 6.33 Å². The largest absolute Gasteiger partial charge is 0.362 e. The predicted molar refractivity (Wildman–Crippen MR) is 77.4 cm³/mol. The molecule has 106 valence electrons. The quantitative estimate of drug-likeness (QED) is 0.903. The maximum absolute atomic E-state index is 4.42. The van der Waals surface area contributed by atoms with Crippen molar-refractivity contribution in [3.63, 3.8) is 0 Å². The first kappa shape index (κ1) is 13.1. The number of aryl methyl sites for hydroxylation is 1. The van der Waals surface area contributed by atoms with Crippen LogP contribution >= 0.6 is 0 Å². The third-order valence-corrected chi connectivity index (χ3v) is 3.64. The molecule has 6 heteroatoms. The van der Waals surface area contributed by atoms with E-state index in [1.807, 2.05) is 19.4 Å². The molecule has 2 aromatic rings. The maximum Gasteiger partial charge on any atom is 0.152 e. The predicted octanol–water partition coefficient (Wildman–Crippen LogP) is 1.11. The molecule has 0 aromatic carbocycles. The summed E-state index contributed by atoms with van der Waals surface area (Å²) in [5, 5.41) is 11.5. The molecule has 0 saturated carbocycles. The summed E-state index contributed by atoms with van der Waals surface area (Å²) in [6.45, 7) is 8.68. The van der Waals surface area contributed by atoms with Crippen LogP contribution in [0.2, 0.25) is 0 Å². The third kappa shape index (κ3) is 2.51. The van der Waals surface area contributed by atoms with Crippen molar-refractivity contribution in [3.8, 4) is 0 Å². The minimum Gasteiger partial charge on any atom is -0.362 e. The fraction of sp³-hybridized carbons (Fsp3) is 0.500. The lowest BCUT2D eigenvalue weighted by molar-refractivity contribution is 0.557. The number of aromatic nitrogens is 4. The molecular weight excluding hydrogens is 252 g/mol. The first-order valence-electron chi connectivity index (χ1n) is 7.06. The van der Waals surface area contributed by atoms with Crippen LogP contribution in [0, 0.1) is 6.92 Å². The molecule has 3 heterocycles. The molecule has 0 saturated heterocycles. The fourth-order valence-corrected chi connectivity index (χ4v) is 2.54. The van der Waals surface area contributed by atoms with Gasteiger partial charge in [0.15, 0.2) is 5.82 Å². The second kappa shape index (κ2) is 5.58. The van der Waals surface area contributed by atoms with Crippen LogP contribution in [0.5, 0.6) is 0 Å². The molecule has 0 radical (unpaired) electrons. The van der Waals surface area contributed by atoms with Gasteiger partial charge in [-0.2, -0.15) is 0 Å². The second-order valence-electron chi connectivity index (χ2n) is 5.10. The average molecular weight is 272 g/mol. The van der Waals surface area contributed by atoms with E-state index in [9.17, 15) is 0 Å². The van der Waals surface area contributed by atoms with Gasteiger partial charge in [-0.05, 0) is 19.5 Å². The number of nitrogens with zero attached hydrogens (tertiary/aromatic N) is 5. The first-order chi connectivity index (χ1) is 9.78. The molecule has 0 aliphatic carbocycles. The molecule has 0 amide bonds. The summed E-state index contributed by atoms with van der Waals surface area (Å²) in [6, 6.07) is 2.17. The van der Waals surface area contributed by atoms with Gasteiger partial charge in [-0.25, -0.2) is 0 Å². The van der Waals surface area contributed by atoms with Gasteiger partial charge in [-0.3, -0.25) is 4.98 Å². The Kier molecular flexibility index (Phi) is 3.64. The molecule has 0 bridgehead atoms. The van der Waals surface area contributed by atoms with Gasteiger partial charge in [0.25, 0.3) is 0 Å². The topological polar surface area (TPSA) is 58.9 Å². The Morgan fingerprint density at radius 3 is 3.10 bits per heavy atom. The Morgan fingerprint density at radius 2 is 2.25 bits per heavy atom. The number of hydrogen-bond donors (Lipinski definition) is 1. The lowest BCUT2D eigenvalue weighted by Gasteiger charge is -2.30. The Bertz CT molecular complexity index is 591. The molecule has 0 fully saturated rings. The van der Waals surface area contributed by atoms with Crippen molar-refractivity contribution in [2.24, 2.45) is 0 Å². The van der Waals surface area contributed by atoms with E-state index in [4.69, 9.17) is 0 Å². The smallest absolute Gasteiger partial charge is 0.152 e. The first-order valence-corrected chi connectivity index (χ1v) is 7.06. The van der Waals surface area contributed by atoms with Crippen LogP contribution in [0.15, 0.2) is 18.6 Å². The van der Waals surface area contributed by atoms with Crippen LogP contribution in [-0.2, 0) is 19.6 Å². The highest BCUT2D eigenvalue weighted by Gasteiger charge is 2.20. The van der Waals surface area contributed by atoms with Crippen molar-refractivity contribution in [1.82, 2.24) is 25.1 Å². The van der Waals surface area contributed by atoms with E-state index in [0.29, 0.717) is 0 Å². The van der Waals surface area contributed by atoms with Crippen molar-refractivity contribution in [2.45, 2.75) is 33.5 Å². The van der Waals surface area contributed by atoms with E-state index in [-0.39, 0.29) is 0 Å². The van der Waals surface area contributed by atoms with Gasteiger partial charge < -0.3 is 14.8 Å². The van der Waals surface area contributed by atoms with Crippen LogP contribution in [0.3, 0.4) is 0 Å². The van der Waals surface area contributed by atoms with Gasteiger partial charge >= 0.3 is 0 Å². The Hall–Kier alpha value is -1.95. The number of rotatable bonds is 4. The van der Waals surface area contributed by atoms with E-state index < -0.39 is 0 Å². The van der Waals surface area contributed by atoms with E-state index in [2.05, 4.69) is 43.0 Å². The molecule has 3 rings (SSSR count). The standard InChI is InChI=1S/C14H20N6/c1-3-15-7-12-8-16-11(2)6-13(12)19-4-5-20-10-17-18-14(20)9-19/h6,8,10,15H,3-5,7,9H2,1-2H3. The third-order valence-electron chi connectivity index (χ3n) is 3.64.